The standard InChI is InChI=1S/C7H7N5O2/c1-4(13)9-7-10-5(11-12-7)6-8-2-3-14-6/h2-3H,1H3,(H2,9,10,11,12,13). The summed E-state index contributed by atoms with van der Waals surface area (Å²) < 4.78 is 4.98. The highest BCUT2D eigenvalue weighted by Gasteiger charge is 2.09. The minimum atomic E-state index is -0.233. The molecule has 72 valence electrons. The fourth-order valence-corrected chi connectivity index (χ4v) is 0.911. The molecule has 0 unspecified atom stereocenters. The van der Waals surface area contributed by atoms with E-state index in [1.54, 1.807) is 0 Å². The van der Waals surface area contributed by atoms with Crippen LogP contribution in [0.2, 0.25) is 0 Å². The molecule has 0 atom stereocenters. The molecule has 0 aliphatic heterocycles. The van der Waals surface area contributed by atoms with Crippen LogP contribution in [0.3, 0.4) is 0 Å². The predicted molar refractivity (Wildman–Crippen MR) is 46.2 cm³/mol. The van der Waals surface area contributed by atoms with E-state index in [0.717, 1.165) is 0 Å². The third-order valence-corrected chi connectivity index (χ3v) is 1.41. The summed E-state index contributed by atoms with van der Waals surface area (Å²) in [6.45, 7) is 1.38. The second-order valence-electron chi connectivity index (χ2n) is 2.53. The number of anilines is 1. The Balaban J connectivity index is 2.22. The minimum Gasteiger partial charge on any atom is -0.442 e. The van der Waals surface area contributed by atoms with Crippen LogP contribution in [0.4, 0.5) is 5.95 Å². The van der Waals surface area contributed by atoms with Gasteiger partial charge < -0.3 is 4.42 Å². The van der Waals surface area contributed by atoms with Crippen LogP contribution in [0, 0.1) is 0 Å². The summed E-state index contributed by atoms with van der Waals surface area (Å²) in [5.41, 5.74) is 0. The molecule has 0 aliphatic rings. The SMILES string of the molecule is CC(=O)Nc1n[nH]c(-c2ncco2)n1. The number of hydrogen-bond acceptors (Lipinski definition) is 5. The molecule has 0 aromatic carbocycles. The number of carbonyl (C=O) groups is 1. The number of aromatic nitrogens is 4. The summed E-state index contributed by atoms with van der Waals surface area (Å²) >= 11 is 0. The fraction of sp³-hybridized carbons (Fsp3) is 0.143. The Hall–Kier alpha value is -2.18. The van der Waals surface area contributed by atoms with Gasteiger partial charge in [0.25, 0.3) is 5.89 Å². The number of carbonyl (C=O) groups excluding carboxylic acids is 1. The zero-order chi connectivity index (χ0) is 9.97. The van der Waals surface area contributed by atoms with Crippen LogP contribution in [-0.4, -0.2) is 26.1 Å². The molecule has 2 aromatic rings. The molecule has 0 saturated carbocycles. The lowest BCUT2D eigenvalue weighted by molar-refractivity contribution is -0.114. The van der Waals surface area contributed by atoms with E-state index in [1.165, 1.54) is 19.4 Å². The molecule has 0 fully saturated rings. The Morgan fingerprint density at radius 3 is 3.14 bits per heavy atom. The van der Waals surface area contributed by atoms with Crippen molar-refractivity contribution in [2.24, 2.45) is 0 Å². The van der Waals surface area contributed by atoms with Gasteiger partial charge in [0.15, 0.2) is 0 Å². The molecule has 2 rings (SSSR count). The number of rotatable bonds is 2. The largest absolute Gasteiger partial charge is 0.442 e. The molecular weight excluding hydrogens is 186 g/mol. The average molecular weight is 193 g/mol. The number of aromatic amines is 1. The fourth-order valence-electron chi connectivity index (χ4n) is 0.911. The Bertz CT molecular complexity index is 433. The van der Waals surface area contributed by atoms with Gasteiger partial charge in [0, 0.05) is 6.92 Å². The lowest BCUT2D eigenvalue weighted by Crippen LogP contribution is -2.06. The number of hydrogen-bond donors (Lipinski definition) is 2. The first-order chi connectivity index (χ1) is 6.75. The Morgan fingerprint density at radius 2 is 2.50 bits per heavy atom. The minimum absolute atomic E-state index is 0.200. The van der Waals surface area contributed by atoms with Crippen molar-refractivity contribution >= 4 is 11.9 Å². The van der Waals surface area contributed by atoms with Gasteiger partial charge in [-0.1, -0.05) is 0 Å². The topological polar surface area (TPSA) is 96.7 Å². The summed E-state index contributed by atoms with van der Waals surface area (Å²) in [5, 5.41) is 8.75. The molecule has 7 nitrogen and oxygen atoms in total. The first-order valence-corrected chi connectivity index (χ1v) is 3.85. The van der Waals surface area contributed by atoms with E-state index < -0.39 is 0 Å². The third kappa shape index (κ3) is 1.60. The van der Waals surface area contributed by atoms with Crippen molar-refractivity contribution in [1.82, 2.24) is 20.2 Å². The first-order valence-electron chi connectivity index (χ1n) is 3.85. The summed E-state index contributed by atoms with van der Waals surface area (Å²) in [7, 11) is 0. The van der Waals surface area contributed by atoms with Gasteiger partial charge in [-0.2, -0.15) is 4.98 Å². The Kier molecular flexibility index (Phi) is 1.98. The summed E-state index contributed by atoms with van der Waals surface area (Å²) in [6.07, 6.45) is 2.92. The van der Waals surface area contributed by atoms with E-state index in [-0.39, 0.29) is 11.9 Å². The summed E-state index contributed by atoms with van der Waals surface area (Å²) in [6, 6.07) is 0. The molecule has 1 amide bonds. The molecule has 0 saturated heterocycles. The molecule has 2 N–H and O–H groups in total. The second-order valence-corrected chi connectivity index (χ2v) is 2.53. The van der Waals surface area contributed by atoms with Crippen LogP contribution in [-0.2, 0) is 4.79 Å². The van der Waals surface area contributed by atoms with Gasteiger partial charge >= 0.3 is 0 Å². The molecule has 7 heteroatoms. The van der Waals surface area contributed by atoms with Crippen LogP contribution < -0.4 is 5.32 Å². The van der Waals surface area contributed by atoms with Crippen molar-refractivity contribution < 1.29 is 9.21 Å². The van der Waals surface area contributed by atoms with Crippen molar-refractivity contribution in [3.05, 3.63) is 12.5 Å². The monoisotopic (exact) mass is 193 g/mol. The highest BCUT2D eigenvalue weighted by atomic mass is 16.3. The molecule has 0 aliphatic carbocycles. The summed E-state index contributed by atoms with van der Waals surface area (Å²) in [5.74, 6) is 0.668. The molecule has 2 aromatic heterocycles. The van der Waals surface area contributed by atoms with Crippen LogP contribution in [0.1, 0.15) is 6.92 Å². The van der Waals surface area contributed by atoms with Gasteiger partial charge in [0.2, 0.25) is 17.7 Å². The molecule has 0 bridgehead atoms. The van der Waals surface area contributed by atoms with Crippen LogP contribution in [0.5, 0.6) is 0 Å². The second kappa shape index (κ2) is 3.29. The van der Waals surface area contributed by atoms with Crippen molar-refractivity contribution in [3.63, 3.8) is 0 Å². The van der Waals surface area contributed by atoms with Gasteiger partial charge in [-0.3, -0.25) is 15.2 Å². The van der Waals surface area contributed by atoms with Gasteiger partial charge in [-0.25, -0.2) is 4.98 Å². The lowest BCUT2D eigenvalue weighted by atomic mass is 10.6. The summed E-state index contributed by atoms with van der Waals surface area (Å²) in [4.78, 5) is 18.5. The smallest absolute Gasteiger partial charge is 0.264 e. The Labute approximate surface area is 78.6 Å². The van der Waals surface area contributed by atoms with Gasteiger partial charge in [-0.15, -0.1) is 5.10 Å². The third-order valence-electron chi connectivity index (χ3n) is 1.41. The van der Waals surface area contributed by atoms with Gasteiger partial charge in [0.05, 0.1) is 6.20 Å². The van der Waals surface area contributed by atoms with Crippen LogP contribution in [0.15, 0.2) is 16.9 Å². The van der Waals surface area contributed by atoms with E-state index in [2.05, 4.69) is 25.5 Å². The van der Waals surface area contributed by atoms with E-state index >= 15 is 0 Å². The lowest BCUT2D eigenvalue weighted by Gasteiger charge is -1.90. The van der Waals surface area contributed by atoms with Crippen LogP contribution >= 0.6 is 0 Å². The van der Waals surface area contributed by atoms with Gasteiger partial charge in [-0.05, 0) is 0 Å². The van der Waals surface area contributed by atoms with E-state index in [4.69, 9.17) is 4.42 Å². The number of H-pyrrole nitrogens is 1. The molecule has 14 heavy (non-hydrogen) atoms. The van der Waals surface area contributed by atoms with Crippen molar-refractivity contribution in [2.75, 3.05) is 5.32 Å². The molecule has 2 heterocycles. The number of oxazole rings is 1. The highest BCUT2D eigenvalue weighted by molar-refractivity contribution is 5.86. The zero-order valence-electron chi connectivity index (χ0n) is 7.31. The molecule has 0 spiro atoms. The average Bonchev–Trinajstić information content (AvgIpc) is 2.69. The maximum absolute atomic E-state index is 10.7. The maximum atomic E-state index is 10.7. The van der Waals surface area contributed by atoms with Crippen molar-refractivity contribution in [2.45, 2.75) is 6.92 Å². The number of amides is 1. The quantitative estimate of drug-likeness (QED) is 0.720. The Morgan fingerprint density at radius 1 is 1.64 bits per heavy atom. The first kappa shape index (κ1) is 8.42. The van der Waals surface area contributed by atoms with Crippen molar-refractivity contribution in [1.29, 1.82) is 0 Å². The van der Waals surface area contributed by atoms with E-state index in [9.17, 15) is 4.79 Å². The van der Waals surface area contributed by atoms with E-state index in [1.807, 2.05) is 0 Å². The highest BCUT2D eigenvalue weighted by Crippen LogP contribution is 2.12. The van der Waals surface area contributed by atoms with Crippen molar-refractivity contribution in [3.8, 4) is 11.7 Å². The van der Waals surface area contributed by atoms with Gasteiger partial charge in [0.1, 0.15) is 6.26 Å². The number of nitrogens with zero attached hydrogens (tertiary/aromatic N) is 3. The molecule has 0 radical (unpaired) electrons. The van der Waals surface area contributed by atoms with E-state index in [0.29, 0.717) is 11.7 Å². The molecular formula is C7H7N5O2. The predicted octanol–water partition coefficient (Wildman–Crippen LogP) is 0.418. The van der Waals surface area contributed by atoms with Crippen LogP contribution in [0.25, 0.3) is 11.7 Å². The zero-order valence-corrected chi connectivity index (χ0v) is 7.31. The number of nitrogens with one attached hydrogen (secondary N) is 2. The maximum Gasteiger partial charge on any atom is 0.264 e. The normalized spacial score (nSPS) is 10.1.